The van der Waals surface area contributed by atoms with Crippen LogP contribution >= 0.6 is 0 Å². The van der Waals surface area contributed by atoms with Crippen LogP contribution in [0, 0.1) is 11.3 Å². The second kappa shape index (κ2) is 10.2. The molecule has 0 aliphatic rings. The molecule has 1 heterocycles. The molecule has 10 heteroatoms. The largest absolute Gasteiger partial charge is 0.507 e. The molecule has 176 valence electrons. The van der Waals surface area contributed by atoms with Gasteiger partial charge in [-0.2, -0.15) is 5.26 Å². The normalized spacial score (nSPS) is 12.1. The Kier molecular flexibility index (Phi) is 6.91. The van der Waals surface area contributed by atoms with Gasteiger partial charge in [-0.1, -0.05) is 48.5 Å². The SMILES string of the molecule is N#CC(=C(O)COC(=O)c1cccc(S(=O)(=O)NCc2ccccc2)c1)c1nc2ccccc2[nH]1. The molecular weight excluding hydrogens is 468 g/mol. The van der Waals surface area contributed by atoms with E-state index in [2.05, 4.69) is 14.7 Å². The van der Waals surface area contributed by atoms with Gasteiger partial charge < -0.3 is 14.8 Å². The zero-order valence-electron chi connectivity index (χ0n) is 18.3. The Balaban J connectivity index is 1.46. The summed E-state index contributed by atoms with van der Waals surface area (Å²) in [6.07, 6.45) is 0. The molecule has 35 heavy (non-hydrogen) atoms. The number of hydrogen-bond acceptors (Lipinski definition) is 7. The first-order chi connectivity index (χ1) is 16.9. The number of para-hydroxylation sites is 2. The maximum atomic E-state index is 12.6. The van der Waals surface area contributed by atoms with Gasteiger partial charge in [0.15, 0.2) is 11.6 Å². The Labute approximate surface area is 201 Å². The lowest BCUT2D eigenvalue weighted by atomic mass is 10.2. The van der Waals surface area contributed by atoms with Crippen LogP contribution in [-0.2, 0) is 21.3 Å². The number of fused-ring (bicyclic) bond motifs is 1. The van der Waals surface area contributed by atoms with E-state index in [1.165, 1.54) is 24.3 Å². The highest BCUT2D eigenvalue weighted by Gasteiger charge is 2.19. The minimum absolute atomic E-state index is 0.0253. The van der Waals surface area contributed by atoms with Crippen LogP contribution in [0.2, 0.25) is 0 Å². The van der Waals surface area contributed by atoms with Crippen LogP contribution in [0.25, 0.3) is 16.6 Å². The number of ether oxygens (including phenoxy) is 1. The highest BCUT2D eigenvalue weighted by Crippen LogP contribution is 2.19. The number of aromatic amines is 1. The quantitative estimate of drug-likeness (QED) is 0.195. The summed E-state index contributed by atoms with van der Waals surface area (Å²) >= 11 is 0. The Bertz CT molecular complexity index is 1520. The number of nitriles is 1. The van der Waals surface area contributed by atoms with E-state index >= 15 is 0 Å². The van der Waals surface area contributed by atoms with Gasteiger partial charge in [0.1, 0.15) is 18.2 Å². The van der Waals surface area contributed by atoms with Crippen LogP contribution in [0.1, 0.15) is 21.7 Å². The number of nitrogens with one attached hydrogen (secondary N) is 2. The Morgan fingerprint density at radius 1 is 1.06 bits per heavy atom. The maximum absolute atomic E-state index is 12.6. The number of aliphatic hydroxyl groups excluding tert-OH is 1. The molecule has 0 saturated heterocycles. The van der Waals surface area contributed by atoms with Gasteiger partial charge in [0, 0.05) is 6.54 Å². The number of carbonyl (C=O) groups is 1. The van der Waals surface area contributed by atoms with E-state index in [0.29, 0.717) is 11.0 Å². The molecule has 4 aromatic rings. The van der Waals surface area contributed by atoms with E-state index in [-0.39, 0.29) is 28.4 Å². The highest BCUT2D eigenvalue weighted by atomic mass is 32.2. The second-order valence-electron chi connectivity index (χ2n) is 7.45. The maximum Gasteiger partial charge on any atom is 0.338 e. The lowest BCUT2D eigenvalue weighted by Gasteiger charge is -2.09. The summed E-state index contributed by atoms with van der Waals surface area (Å²) in [6, 6.07) is 23.3. The molecule has 0 bridgehead atoms. The Morgan fingerprint density at radius 2 is 1.80 bits per heavy atom. The van der Waals surface area contributed by atoms with Crippen molar-refractivity contribution in [1.82, 2.24) is 14.7 Å². The Hall–Kier alpha value is -4.46. The number of imidazole rings is 1. The predicted octanol–water partition coefficient (Wildman–Crippen LogP) is 3.69. The van der Waals surface area contributed by atoms with Gasteiger partial charge in [-0.05, 0) is 35.9 Å². The van der Waals surface area contributed by atoms with Crippen LogP contribution in [0.4, 0.5) is 0 Å². The van der Waals surface area contributed by atoms with Crippen molar-refractivity contribution in [2.24, 2.45) is 0 Å². The van der Waals surface area contributed by atoms with Gasteiger partial charge in [0.2, 0.25) is 10.0 Å². The molecule has 3 N–H and O–H groups in total. The predicted molar refractivity (Wildman–Crippen MR) is 128 cm³/mol. The Morgan fingerprint density at radius 3 is 2.54 bits per heavy atom. The van der Waals surface area contributed by atoms with Crippen molar-refractivity contribution in [1.29, 1.82) is 5.26 Å². The summed E-state index contributed by atoms with van der Waals surface area (Å²) in [5, 5.41) is 19.8. The summed E-state index contributed by atoms with van der Waals surface area (Å²) < 4.78 is 32.9. The first-order valence-corrected chi connectivity index (χ1v) is 11.9. The van der Waals surface area contributed by atoms with E-state index in [4.69, 9.17) is 4.74 Å². The van der Waals surface area contributed by atoms with Crippen molar-refractivity contribution >= 4 is 32.6 Å². The second-order valence-corrected chi connectivity index (χ2v) is 9.22. The third kappa shape index (κ3) is 5.55. The standard InChI is InChI=1S/C25H20N4O5S/c26-14-20(24-28-21-11-4-5-12-22(21)29-24)23(30)16-34-25(31)18-9-6-10-19(13-18)35(32,33)27-15-17-7-2-1-3-8-17/h1-13,27,30H,15-16H2,(H,28,29). The number of allylic oxidation sites excluding steroid dienone is 1. The molecule has 3 aromatic carbocycles. The number of sulfonamides is 1. The summed E-state index contributed by atoms with van der Waals surface area (Å²) in [7, 11) is -3.88. The van der Waals surface area contributed by atoms with Crippen LogP contribution in [-0.4, -0.2) is 36.1 Å². The number of benzene rings is 3. The molecule has 0 atom stereocenters. The third-order valence-corrected chi connectivity index (χ3v) is 6.45. The van der Waals surface area contributed by atoms with Gasteiger partial charge in [0.05, 0.1) is 21.5 Å². The van der Waals surface area contributed by atoms with Gasteiger partial charge >= 0.3 is 5.97 Å². The van der Waals surface area contributed by atoms with E-state index in [1.807, 2.05) is 12.1 Å². The van der Waals surface area contributed by atoms with Gasteiger partial charge in [-0.25, -0.2) is 22.9 Å². The molecule has 4 rings (SSSR count). The molecule has 1 aromatic heterocycles. The van der Waals surface area contributed by atoms with Crippen LogP contribution in [0.3, 0.4) is 0 Å². The summed E-state index contributed by atoms with van der Waals surface area (Å²) in [5.41, 5.74) is 1.88. The number of H-pyrrole nitrogens is 1. The average Bonchev–Trinajstić information content (AvgIpc) is 3.31. The van der Waals surface area contributed by atoms with E-state index in [1.54, 1.807) is 48.5 Å². The number of carbonyl (C=O) groups excluding carboxylic acids is 1. The minimum Gasteiger partial charge on any atom is -0.507 e. The fourth-order valence-electron chi connectivity index (χ4n) is 3.26. The van der Waals surface area contributed by atoms with Crippen LogP contribution in [0.5, 0.6) is 0 Å². The molecule has 0 saturated carbocycles. The minimum atomic E-state index is -3.88. The van der Waals surface area contributed by atoms with Crippen molar-refractivity contribution in [2.45, 2.75) is 11.4 Å². The monoisotopic (exact) mass is 488 g/mol. The summed E-state index contributed by atoms with van der Waals surface area (Å²) in [4.78, 5) is 19.6. The molecular formula is C25H20N4O5S. The van der Waals surface area contributed by atoms with Gasteiger partial charge in [0.25, 0.3) is 0 Å². The zero-order chi connectivity index (χ0) is 24.8. The van der Waals surface area contributed by atoms with E-state index in [9.17, 15) is 23.6 Å². The molecule has 0 amide bonds. The van der Waals surface area contributed by atoms with Crippen molar-refractivity contribution in [2.75, 3.05) is 6.61 Å². The smallest absolute Gasteiger partial charge is 0.338 e. The number of rotatable bonds is 8. The summed E-state index contributed by atoms with van der Waals surface area (Å²) in [5.74, 6) is -1.22. The number of esters is 1. The molecule has 9 nitrogen and oxygen atoms in total. The first kappa shape index (κ1) is 23.7. The number of hydrogen-bond donors (Lipinski definition) is 3. The van der Waals surface area contributed by atoms with Crippen molar-refractivity contribution in [3.05, 3.63) is 102 Å². The number of aromatic nitrogens is 2. The molecule has 0 fully saturated rings. The molecule has 0 spiro atoms. The first-order valence-electron chi connectivity index (χ1n) is 10.5. The molecule has 0 unspecified atom stereocenters. The fraction of sp³-hybridized carbons (Fsp3) is 0.0800. The van der Waals surface area contributed by atoms with Crippen molar-refractivity contribution in [3.8, 4) is 6.07 Å². The lowest BCUT2D eigenvalue weighted by molar-refractivity contribution is 0.0502. The van der Waals surface area contributed by atoms with Gasteiger partial charge in [-0.3, -0.25) is 0 Å². The molecule has 0 aliphatic heterocycles. The van der Waals surface area contributed by atoms with Crippen LogP contribution in [0.15, 0.2) is 89.5 Å². The van der Waals surface area contributed by atoms with E-state index in [0.717, 1.165) is 5.56 Å². The summed E-state index contributed by atoms with van der Waals surface area (Å²) in [6.45, 7) is -0.503. The topological polar surface area (TPSA) is 145 Å². The third-order valence-electron chi connectivity index (χ3n) is 5.06. The molecule has 0 radical (unpaired) electrons. The fourth-order valence-corrected chi connectivity index (χ4v) is 4.33. The van der Waals surface area contributed by atoms with Crippen molar-refractivity contribution in [3.63, 3.8) is 0 Å². The number of nitrogens with zero attached hydrogens (tertiary/aromatic N) is 2. The molecule has 0 aliphatic carbocycles. The van der Waals surface area contributed by atoms with Crippen LogP contribution < -0.4 is 4.72 Å². The average molecular weight is 489 g/mol. The highest BCUT2D eigenvalue weighted by molar-refractivity contribution is 7.89. The van der Waals surface area contributed by atoms with Crippen molar-refractivity contribution < 1.29 is 23.1 Å². The van der Waals surface area contributed by atoms with Gasteiger partial charge in [-0.15, -0.1) is 0 Å². The van der Waals surface area contributed by atoms with E-state index < -0.39 is 28.4 Å². The lowest BCUT2D eigenvalue weighted by Crippen LogP contribution is -2.23. The number of aliphatic hydroxyl groups is 1. The zero-order valence-corrected chi connectivity index (χ0v) is 19.1.